The van der Waals surface area contributed by atoms with Gasteiger partial charge in [-0.3, -0.25) is 9.59 Å². The number of nitrogens with one attached hydrogen (secondary N) is 2. The third-order valence-electron chi connectivity index (χ3n) is 2.99. The fourth-order valence-corrected chi connectivity index (χ4v) is 1.95. The Kier molecular flexibility index (Phi) is 4.67. The van der Waals surface area contributed by atoms with Gasteiger partial charge in [-0.2, -0.15) is 0 Å². The Hall–Kier alpha value is -2.96. The summed E-state index contributed by atoms with van der Waals surface area (Å²) in [6.45, 7) is 0. The minimum absolute atomic E-state index is 0.0104. The monoisotopic (exact) mass is 304 g/mol. The number of anilines is 1. The summed E-state index contributed by atoms with van der Waals surface area (Å²) in [5.41, 5.74) is -0.0357. The standard InChI is InChI=1S/C15H16N2O5/c1-20-11-7-9(8-12(21-2)13(11)22-3)17-15(19)10-5-4-6-16-14(10)18/h4-8H,1-3H3,(H,16,18)(H,17,19). The van der Waals surface area contributed by atoms with Gasteiger partial charge >= 0.3 is 0 Å². The number of aromatic nitrogens is 1. The van der Waals surface area contributed by atoms with Crippen LogP contribution >= 0.6 is 0 Å². The SMILES string of the molecule is COc1cc(NC(=O)c2ccc[nH]c2=O)cc(OC)c1OC. The lowest BCUT2D eigenvalue weighted by Crippen LogP contribution is -2.22. The normalized spacial score (nSPS) is 9.95. The number of H-pyrrole nitrogens is 1. The molecule has 0 spiro atoms. The molecule has 116 valence electrons. The Morgan fingerprint density at radius 3 is 2.23 bits per heavy atom. The summed E-state index contributed by atoms with van der Waals surface area (Å²) in [5, 5.41) is 2.63. The van der Waals surface area contributed by atoms with Crippen LogP contribution in [0, 0.1) is 0 Å². The van der Waals surface area contributed by atoms with Crippen LogP contribution in [0.15, 0.2) is 35.3 Å². The van der Waals surface area contributed by atoms with Crippen molar-refractivity contribution in [2.75, 3.05) is 26.6 Å². The van der Waals surface area contributed by atoms with Gasteiger partial charge < -0.3 is 24.5 Å². The largest absolute Gasteiger partial charge is 0.493 e. The molecule has 2 rings (SSSR count). The number of pyridine rings is 1. The number of aromatic amines is 1. The number of rotatable bonds is 5. The van der Waals surface area contributed by atoms with E-state index in [1.54, 1.807) is 18.2 Å². The molecule has 2 aromatic rings. The Labute approximate surface area is 126 Å². The molecule has 0 aliphatic heterocycles. The minimum Gasteiger partial charge on any atom is -0.493 e. The van der Waals surface area contributed by atoms with Gasteiger partial charge in [0.05, 0.1) is 21.3 Å². The van der Waals surface area contributed by atoms with Gasteiger partial charge in [0.15, 0.2) is 11.5 Å². The number of ether oxygens (including phenoxy) is 3. The molecule has 0 aliphatic rings. The second-order valence-electron chi connectivity index (χ2n) is 4.28. The molecular weight excluding hydrogens is 288 g/mol. The topological polar surface area (TPSA) is 89.7 Å². The van der Waals surface area contributed by atoms with Crippen LogP contribution in [-0.4, -0.2) is 32.2 Å². The first-order valence-electron chi connectivity index (χ1n) is 6.39. The van der Waals surface area contributed by atoms with E-state index in [1.807, 2.05) is 0 Å². The van der Waals surface area contributed by atoms with Crippen LogP contribution in [0.4, 0.5) is 5.69 Å². The highest BCUT2D eigenvalue weighted by Gasteiger charge is 2.16. The summed E-state index contributed by atoms with van der Waals surface area (Å²) in [5.74, 6) is 0.690. The van der Waals surface area contributed by atoms with Gasteiger partial charge in [-0.05, 0) is 12.1 Å². The van der Waals surface area contributed by atoms with Crippen LogP contribution in [0.2, 0.25) is 0 Å². The Bertz CT molecular complexity index is 714. The van der Waals surface area contributed by atoms with Crippen LogP contribution < -0.4 is 25.1 Å². The van der Waals surface area contributed by atoms with Crippen molar-refractivity contribution in [1.82, 2.24) is 4.98 Å². The number of hydrogen-bond donors (Lipinski definition) is 2. The highest BCUT2D eigenvalue weighted by atomic mass is 16.5. The molecule has 0 aliphatic carbocycles. The summed E-state index contributed by atoms with van der Waals surface area (Å²) in [4.78, 5) is 26.2. The van der Waals surface area contributed by atoms with E-state index in [-0.39, 0.29) is 5.56 Å². The van der Waals surface area contributed by atoms with E-state index < -0.39 is 11.5 Å². The number of hydrogen-bond acceptors (Lipinski definition) is 5. The van der Waals surface area contributed by atoms with Crippen molar-refractivity contribution < 1.29 is 19.0 Å². The third kappa shape index (κ3) is 3.03. The summed E-state index contributed by atoms with van der Waals surface area (Å²) < 4.78 is 15.6. The van der Waals surface area contributed by atoms with Crippen molar-refractivity contribution in [2.24, 2.45) is 0 Å². The second kappa shape index (κ2) is 6.66. The zero-order chi connectivity index (χ0) is 16.1. The van der Waals surface area contributed by atoms with E-state index in [2.05, 4.69) is 10.3 Å². The van der Waals surface area contributed by atoms with Crippen molar-refractivity contribution in [1.29, 1.82) is 0 Å². The fourth-order valence-electron chi connectivity index (χ4n) is 1.95. The molecule has 0 atom stereocenters. The zero-order valence-corrected chi connectivity index (χ0v) is 12.4. The van der Waals surface area contributed by atoms with Gasteiger partial charge in [0.2, 0.25) is 5.75 Å². The maximum atomic E-state index is 12.1. The van der Waals surface area contributed by atoms with Crippen LogP contribution in [0.5, 0.6) is 17.2 Å². The average molecular weight is 304 g/mol. The van der Waals surface area contributed by atoms with E-state index in [0.717, 1.165) is 0 Å². The summed E-state index contributed by atoms with van der Waals surface area (Å²) in [7, 11) is 4.44. The first-order valence-corrected chi connectivity index (χ1v) is 6.39. The third-order valence-corrected chi connectivity index (χ3v) is 2.99. The predicted octanol–water partition coefficient (Wildman–Crippen LogP) is 1.65. The quantitative estimate of drug-likeness (QED) is 0.876. The smallest absolute Gasteiger partial charge is 0.261 e. The van der Waals surface area contributed by atoms with E-state index in [4.69, 9.17) is 14.2 Å². The Morgan fingerprint density at radius 2 is 1.73 bits per heavy atom. The fraction of sp³-hybridized carbons (Fsp3) is 0.200. The van der Waals surface area contributed by atoms with E-state index in [9.17, 15) is 9.59 Å². The summed E-state index contributed by atoms with van der Waals surface area (Å²) >= 11 is 0. The van der Waals surface area contributed by atoms with Gasteiger partial charge in [-0.1, -0.05) is 0 Å². The van der Waals surface area contributed by atoms with Gasteiger partial charge in [-0.25, -0.2) is 0 Å². The molecule has 0 saturated heterocycles. The van der Waals surface area contributed by atoms with E-state index in [0.29, 0.717) is 22.9 Å². The van der Waals surface area contributed by atoms with Gasteiger partial charge in [0.25, 0.3) is 11.5 Å². The van der Waals surface area contributed by atoms with E-state index in [1.165, 1.54) is 33.6 Å². The van der Waals surface area contributed by atoms with Crippen molar-refractivity contribution >= 4 is 11.6 Å². The van der Waals surface area contributed by atoms with Crippen LogP contribution in [-0.2, 0) is 0 Å². The first kappa shape index (κ1) is 15.4. The lowest BCUT2D eigenvalue weighted by Gasteiger charge is -2.14. The van der Waals surface area contributed by atoms with Crippen molar-refractivity contribution in [3.8, 4) is 17.2 Å². The van der Waals surface area contributed by atoms with Gasteiger partial charge in [-0.15, -0.1) is 0 Å². The van der Waals surface area contributed by atoms with Crippen molar-refractivity contribution in [2.45, 2.75) is 0 Å². The van der Waals surface area contributed by atoms with Crippen molar-refractivity contribution in [3.63, 3.8) is 0 Å². The number of methoxy groups -OCH3 is 3. The maximum Gasteiger partial charge on any atom is 0.261 e. The molecule has 7 heteroatoms. The molecule has 0 saturated carbocycles. The highest BCUT2D eigenvalue weighted by molar-refractivity contribution is 6.04. The molecule has 0 unspecified atom stereocenters. The minimum atomic E-state index is -0.531. The van der Waals surface area contributed by atoms with E-state index >= 15 is 0 Å². The highest BCUT2D eigenvalue weighted by Crippen LogP contribution is 2.39. The molecular formula is C15H16N2O5. The van der Waals surface area contributed by atoms with Gasteiger partial charge in [0.1, 0.15) is 5.56 Å². The molecule has 1 amide bonds. The molecule has 0 bridgehead atoms. The lowest BCUT2D eigenvalue weighted by atomic mass is 10.2. The zero-order valence-electron chi connectivity index (χ0n) is 12.4. The molecule has 0 fully saturated rings. The molecule has 22 heavy (non-hydrogen) atoms. The summed E-state index contributed by atoms with van der Waals surface area (Å²) in [6, 6.07) is 6.17. The predicted molar refractivity (Wildman–Crippen MR) is 81.1 cm³/mol. The lowest BCUT2D eigenvalue weighted by molar-refractivity contribution is 0.102. The Balaban J connectivity index is 2.36. The molecule has 1 heterocycles. The molecule has 7 nitrogen and oxygen atoms in total. The number of carbonyl (C=O) groups is 1. The molecule has 2 N–H and O–H groups in total. The number of benzene rings is 1. The molecule has 1 aromatic heterocycles. The second-order valence-corrected chi connectivity index (χ2v) is 4.28. The molecule has 1 aromatic carbocycles. The number of amides is 1. The summed E-state index contributed by atoms with van der Waals surface area (Å²) in [6.07, 6.45) is 1.46. The maximum absolute atomic E-state index is 12.1. The Morgan fingerprint density at radius 1 is 1.09 bits per heavy atom. The van der Waals surface area contributed by atoms with Crippen LogP contribution in [0.1, 0.15) is 10.4 Å². The van der Waals surface area contributed by atoms with Gasteiger partial charge in [0, 0.05) is 24.0 Å². The molecule has 0 radical (unpaired) electrons. The van der Waals surface area contributed by atoms with Crippen LogP contribution in [0.3, 0.4) is 0 Å². The van der Waals surface area contributed by atoms with Crippen LogP contribution in [0.25, 0.3) is 0 Å². The average Bonchev–Trinajstić information content (AvgIpc) is 2.54. The number of carbonyl (C=O) groups excluding carboxylic acids is 1. The van der Waals surface area contributed by atoms with Crippen molar-refractivity contribution in [3.05, 3.63) is 46.4 Å². The first-order chi connectivity index (χ1) is 10.6.